The molecule has 3 rings (SSSR count). The summed E-state index contributed by atoms with van der Waals surface area (Å²) in [6, 6.07) is 15.0. The van der Waals surface area contributed by atoms with Crippen LogP contribution < -0.4 is 98.1 Å². The quantitative estimate of drug-likeness (QED) is 0.0629. The molecule has 20 heteroatoms. The van der Waals surface area contributed by atoms with Crippen molar-refractivity contribution in [2.45, 2.75) is 66.1 Å². The number of ether oxygens (including phenoxy) is 2. The van der Waals surface area contributed by atoms with Gasteiger partial charge in [-0.1, -0.05) is 44.7 Å². The van der Waals surface area contributed by atoms with Crippen molar-refractivity contribution in [3.8, 4) is 17.2 Å². The van der Waals surface area contributed by atoms with E-state index in [9.17, 15) is 38.9 Å². The van der Waals surface area contributed by atoms with Gasteiger partial charge in [-0.2, -0.15) is 0 Å². The fourth-order valence-corrected chi connectivity index (χ4v) is 5.70. The first-order valence-electron chi connectivity index (χ1n) is 14.3. The third kappa shape index (κ3) is 26.5. The largest absolute Gasteiger partial charge is 1.00 e. The Bertz CT molecular complexity index is 1540. The topological polar surface area (TPSA) is 210 Å². The van der Waals surface area contributed by atoms with Crippen LogP contribution in [0.3, 0.4) is 0 Å². The predicted octanol–water partition coefficient (Wildman–Crippen LogP) is -2.84. The number of phenolic OH excluding ortho intramolecular Hbond substituents is 1. The summed E-state index contributed by atoms with van der Waals surface area (Å²) in [5.74, 6) is 0.927. The van der Waals surface area contributed by atoms with Crippen LogP contribution in [0.4, 0.5) is 0 Å². The zero-order valence-corrected chi connectivity index (χ0v) is 40.0. The summed E-state index contributed by atoms with van der Waals surface area (Å²) in [6.07, 6.45) is 8.82. The standard InChI is InChI=1S/C18H22O8S2.C6H12Br2.C6H6O4S.3Na/c19-27(20,21)17-9-5-15(6-10-17)25-13-3-1-2-4-14-26-16-7-11-18(12-8-16)28(22,23)24;7-5-3-1-2-4-6-8;7-5-1-3-6(4-2-5)11(8,9)10;;;/h5-12H,1-4,13-14H2,(H,19,20,21)(H,22,23,24);1-6H2;1-4,7H,(H,8,9,10);;;/q;;;3*+1/p-3. The van der Waals surface area contributed by atoms with Gasteiger partial charge in [0.15, 0.2) is 0 Å². The maximum Gasteiger partial charge on any atom is 1.00 e. The maximum atomic E-state index is 10.8. The number of hydrogen-bond donors (Lipinski definition) is 1. The van der Waals surface area contributed by atoms with E-state index in [2.05, 4.69) is 31.9 Å². The van der Waals surface area contributed by atoms with Gasteiger partial charge in [0.25, 0.3) is 0 Å². The van der Waals surface area contributed by atoms with Crippen LogP contribution in [0.1, 0.15) is 51.4 Å². The SMILES string of the molecule is BrCCCCCCBr.O=S(=O)([O-])c1ccc(O)cc1.O=S(=O)([O-])c1ccc(OCCCCCCOc2ccc(S(=O)(=O)[O-])cc2)cc1.[Na+].[Na+].[Na+]. The van der Waals surface area contributed by atoms with Gasteiger partial charge in [-0.25, -0.2) is 25.3 Å². The molecule has 12 nitrogen and oxygen atoms in total. The molecule has 0 aliphatic carbocycles. The van der Waals surface area contributed by atoms with E-state index in [1.54, 1.807) is 0 Å². The van der Waals surface area contributed by atoms with Crippen LogP contribution in [0.5, 0.6) is 17.2 Å². The first-order chi connectivity index (χ1) is 22.1. The fraction of sp³-hybridized carbons (Fsp3) is 0.400. The minimum absolute atomic E-state index is 0. The fourth-order valence-electron chi connectivity index (χ4n) is 3.50. The average molecular weight is 915 g/mol. The summed E-state index contributed by atoms with van der Waals surface area (Å²) in [4.78, 5) is -0.913. The Morgan fingerprint density at radius 1 is 0.460 bits per heavy atom. The van der Waals surface area contributed by atoms with Crippen molar-refractivity contribution >= 4 is 62.2 Å². The van der Waals surface area contributed by atoms with Gasteiger partial charge in [-0.3, -0.25) is 0 Å². The van der Waals surface area contributed by atoms with E-state index < -0.39 is 30.4 Å². The molecular weight excluding hydrogens is 877 g/mol. The first kappa shape index (κ1) is 55.1. The van der Waals surface area contributed by atoms with Gasteiger partial charge in [0.1, 0.15) is 47.6 Å². The Kier molecular flexibility index (Phi) is 33.1. The number of halogens is 2. The van der Waals surface area contributed by atoms with Gasteiger partial charge in [0, 0.05) is 10.7 Å². The number of alkyl halides is 2. The molecule has 0 amide bonds. The molecule has 0 saturated heterocycles. The molecule has 3 aromatic rings. The molecule has 0 bridgehead atoms. The zero-order valence-electron chi connectivity index (χ0n) is 28.3. The zero-order chi connectivity index (χ0) is 35.3. The molecule has 0 aliphatic heterocycles. The van der Waals surface area contributed by atoms with Gasteiger partial charge < -0.3 is 28.2 Å². The van der Waals surface area contributed by atoms with Crippen molar-refractivity contribution in [3.05, 3.63) is 72.8 Å². The Labute approximate surface area is 379 Å². The van der Waals surface area contributed by atoms with E-state index in [4.69, 9.17) is 14.6 Å². The van der Waals surface area contributed by atoms with Crippen molar-refractivity contribution in [1.82, 2.24) is 0 Å². The van der Waals surface area contributed by atoms with Crippen molar-refractivity contribution in [1.29, 1.82) is 0 Å². The third-order valence-corrected chi connectivity index (χ3v) is 9.61. The molecule has 264 valence electrons. The van der Waals surface area contributed by atoms with E-state index in [0.717, 1.165) is 60.6 Å². The van der Waals surface area contributed by atoms with E-state index in [0.29, 0.717) is 24.7 Å². The van der Waals surface area contributed by atoms with E-state index in [1.807, 2.05) is 0 Å². The van der Waals surface area contributed by atoms with Crippen LogP contribution in [-0.4, -0.2) is 67.9 Å². The molecule has 0 heterocycles. The normalized spacial score (nSPS) is 10.7. The minimum atomic E-state index is -4.44. The molecule has 0 unspecified atom stereocenters. The van der Waals surface area contributed by atoms with Crippen LogP contribution in [0.2, 0.25) is 0 Å². The molecule has 0 radical (unpaired) electrons. The van der Waals surface area contributed by atoms with Gasteiger partial charge in [-0.15, -0.1) is 0 Å². The van der Waals surface area contributed by atoms with Crippen molar-refractivity contribution < 1.29 is 142 Å². The van der Waals surface area contributed by atoms with Crippen molar-refractivity contribution in [2.75, 3.05) is 23.9 Å². The smallest absolute Gasteiger partial charge is 0.744 e. The molecular formula is C30H37Br2Na3O12S3. The first-order valence-corrected chi connectivity index (χ1v) is 20.8. The van der Waals surface area contributed by atoms with Crippen molar-refractivity contribution in [2.24, 2.45) is 0 Å². The number of phenols is 1. The van der Waals surface area contributed by atoms with Crippen LogP contribution in [0, 0.1) is 0 Å². The van der Waals surface area contributed by atoms with E-state index in [1.165, 1.54) is 74.2 Å². The average Bonchev–Trinajstić information content (AvgIpc) is 3.01. The Balaban J connectivity index is -0.000000830. The van der Waals surface area contributed by atoms with Crippen LogP contribution >= 0.6 is 31.9 Å². The number of hydrogen-bond acceptors (Lipinski definition) is 12. The summed E-state index contributed by atoms with van der Waals surface area (Å²) >= 11 is 6.78. The predicted molar refractivity (Wildman–Crippen MR) is 180 cm³/mol. The summed E-state index contributed by atoms with van der Waals surface area (Å²) < 4.78 is 107. The molecule has 0 atom stereocenters. The monoisotopic (exact) mass is 912 g/mol. The molecule has 0 aromatic heterocycles. The summed E-state index contributed by atoms with van der Waals surface area (Å²) in [5, 5.41) is 11.0. The molecule has 0 aliphatic rings. The van der Waals surface area contributed by atoms with E-state index in [-0.39, 0.29) is 109 Å². The second-order valence-electron chi connectivity index (χ2n) is 9.70. The summed E-state index contributed by atoms with van der Waals surface area (Å²) in [6.45, 7) is 0.935. The van der Waals surface area contributed by atoms with Gasteiger partial charge in [0.2, 0.25) is 0 Å². The van der Waals surface area contributed by atoms with Gasteiger partial charge in [0.05, 0.1) is 27.9 Å². The van der Waals surface area contributed by atoms with Crippen LogP contribution in [0.15, 0.2) is 87.5 Å². The Morgan fingerprint density at radius 2 is 0.720 bits per heavy atom. The van der Waals surface area contributed by atoms with Gasteiger partial charge >= 0.3 is 88.7 Å². The van der Waals surface area contributed by atoms with Gasteiger partial charge in [-0.05, 0) is 111 Å². The third-order valence-electron chi connectivity index (χ3n) is 5.94. The Hall–Kier alpha value is 0.750. The van der Waals surface area contributed by atoms with Crippen LogP contribution in [-0.2, 0) is 30.4 Å². The maximum absolute atomic E-state index is 10.8. The number of benzene rings is 3. The second kappa shape index (κ2) is 30.0. The molecule has 50 heavy (non-hydrogen) atoms. The summed E-state index contributed by atoms with van der Waals surface area (Å²) in [7, 11) is -13.3. The molecule has 1 N–H and O–H groups in total. The number of aromatic hydroxyl groups is 1. The van der Waals surface area contributed by atoms with Crippen molar-refractivity contribution in [3.63, 3.8) is 0 Å². The molecule has 0 saturated carbocycles. The Morgan fingerprint density at radius 3 is 0.980 bits per heavy atom. The van der Waals surface area contributed by atoms with Crippen LogP contribution in [0.25, 0.3) is 0 Å². The number of unbranched alkanes of at least 4 members (excludes halogenated alkanes) is 6. The second-order valence-corrected chi connectivity index (χ2v) is 15.4. The molecule has 3 aromatic carbocycles. The minimum Gasteiger partial charge on any atom is -0.744 e. The molecule has 0 spiro atoms. The number of rotatable bonds is 17. The summed E-state index contributed by atoms with van der Waals surface area (Å²) in [5.41, 5.74) is 0. The van der Waals surface area contributed by atoms with E-state index >= 15 is 0 Å². The molecule has 0 fully saturated rings.